The van der Waals surface area contributed by atoms with Crippen molar-refractivity contribution in [3.63, 3.8) is 0 Å². The molecule has 5 nitrogen and oxygen atoms in total. The molecule has 0 aliphatic rings. The standard InChI is InChI=1S/C2H4O5S.2Ca.4H/c1-2(3)7-8(4,5)6;;;;;;/h1H3,(H,4,5,6);;;;;;. The van der Waals surface area contributed by atoms with Crippen LogP contribution in [-0.4, -0.2) is 94.4 Å². The fourth-order valence-corrected chi connectivity index (χ4v) is 0.445. The van der Waals surface area contributed by atoms with Crippen molar-refractivity contribution in [2.45, 2.75) is 6.92 Å². The van der Waals surface area contributed by atoms with Crippen LogP contribution in [0.25, 0.3) is 0 Å². The first-order valence-corrected chi connectivity index (χ1v) is 2.96. The van der Waals surface area contributed by atoms with Crippen LogP contribution >= 0.6 is 0 Å². The Labute approximate surface area is 118 Å². The Hall–Kier alpha value is 1.90. The van der Waals surface area contributed by atoms with Crippen LogP contribution in [-0.2, 0) is 19.4 Å². The molecule has 0 atom stereocenters. The summed E-state index contributed by atoms with van der Waals surface area (Å²) in [6.07, 6.45) is 0. The minimum absolute atomic E-state index is 0. The first-order chi connectivity index (χ1) is 3.42. The van der Waals surface area contributed by atoms with Crippen molar-refractivity contribution in [3.8, 4) is 0 Å². The Morgan fingerprint density at radius 3 is 1.70 bits per heavy atom. The zero-order chi connectivity index (χ0) is 6.78. The van der Waals surface area contributed by atoms with Gasteiger partial charge in [-0.2, -0.15) is 8.42 Å². The number of carbonyl (C=O) groups is 1. The molecular formula is C2H8Ca2O5S. The maximum absolute atomic E-state index is 9.70. The Bertz CT molecular complexity index is 184. The third-order valence-electron chi connectivity index (χ3n) is 0.223. The van der Waals surface area contributed by atoms with E-state index >= 15 is 0 Å². The van der Waals surface area contributed by atoms with E-state index in [9.17, 15) is 13.2 Å². The van der Waals surface area contributed by atoms with E-state index in [1.807, 2.05) is 0 Å². The van der Waals surface area contributed by atoms with Crippen LogP contribution in [0.4, 0.5) is 0 Å². The van der Waals surface area contributed by atoms with Gasteiger partial charge in [0, 0.05) is 6.92 Å². The quantitative estimate of drug-likeness (QED) is 0.394. The van der Waals surface area contributed by atoms with Crippen molar-refractivity contribution in [1.82, 2.24) is 0 Å². The third kappa shape index (κ3) is 16.5. The average Bonchev–Trinajstić information content (AvgIpc) is 1.21. The van der Waals surface area contributed by atoms with Gasteiger partial charge in [-0.3, -0.25) is 9.35 Å². The Kier molecular flexibility index (Phi) is 13.5. The van der Waals surface area contributed by atoms with Gasteiger partial charge in [-0.15, -0.1) is 0 Å². The van der Waals surface area contributed by atoms with Gasteiger partial charge in [0.1, 0.15) is 0 Å². The summed E-state index contributed by atoms with van der Waals surface area (Å²) in [5.41, 5.74) is 0. The molecule has 8 heteroatoms. The molecule has 0 saturated heterocycles. The predicted octanol–water partition coefficient (Wildman–Crippen LogP) is -2.48. The molecule has 0 radical (unpaired) electrons. The van der Waals surface area contributed by atoms with Gasteiger partial charge >= 0.3 is 91.8 Å². The molecule has 0 fully saturated rings. The van der Waals surface area contributed by atoms with Crippen molar-refractivity contribution in [3.05, 3.63) is 0 Å². The topological polar surface area (TPSA) is 80.7 Å². The monoisotopic (exact) mass is 224 g/mol. The van der Waals surface area contributed by atoms with E-state index in [1.54, 1.807) is 0 Å². The van der Waals surface area contributed by atoms with E-state index in [0.717, 1.165) is 6.92 Å². The zero-order valence-corrected chi connectivity index (χ0v) is 4.80. The molecule has 0 aromatic heterocycles. The summed E-state index contributed by atoms with van der Waals surface area (Å²) in [5.74, 6) is -1.06. The van der Waals surface area contributed by atoms with E-state index in [4.69, 9.17) is 4.55 Å². The van der Waals surface area contributed by atoms with Crippen molar-refractivity contribution < 1.29 is 21.9 Å². The number of hydrogen-bond acceptors (Lipinski definition) is 4. The van der Waals surface area contributed by atoms with Crippen molar-refractivity contribution in [2.75, 3.05) is 0 Å². The van der Waals surface area contributed by atoms with Gasteiger partial charge in [0.25, 0.3) is 0 Å². The van der Waals surface area contributed by atoms with Crippen molar-refractivity contribution in [1.29, 1.82) is 0 Å². The molecule has 1 N–H and O–H groups in total. The second kappa shape index (κ2) is 7.54. The molecule has 0 rings (SSSR count). The van der Waals surface area contributed by atoms with E-state index in [0.29, 0.717) is 0 Å². The second-order valence-electron chi connectivity index (χ2n) is 1.00. The Morgan fingerprint density at radius 2 is 1.70 bits per heavy atom. The summed E-state index contributed by atoms with van der Waals surface area (Å²) >= 11 is 0. The molecule has 0 aromatic rings. The summed E-state index contributed by atoms with van der Waals surface area (Å²) in [4.78, 5) is 9.70. The molecule has 0 heterocycles. The number of hydrogen-bond donors (Lipinski definition) is 1. The molecular weight excluding hydrogens is 216 g/mol. The van der Waals surface area contributed by atoms with Gasteiger partial charge in [-0.1, -0.05) is 0 Å². The van der Waals surface area contributed by atoms with Gasteiger partial charge in [0.05, 0.1) is 0 Å². The second-order valence-corrected chi connectivity index (χ2v) is 2.02. The Balaban J connectivity index is -0.000000245. The molecule has 0 bridgehead atoms. The summed E-state index contributed by atoms with van der Waals surface area (Å²) < 4.78 is 30.2. The van der Waals surface area contributed by atoms with Crippen LogP contribution in [0.2, 0.25) is 0 Å². The molecule has 0 aliphatic carbocycles. The van der Waals surface area contributed by atoms with Crippen molar-refractivity contribution >= 4 is 91.8 Å². The van der Waals surface area contributed by atoms with E-state index < -0.39 is 16.4 Å². The summed E-state index contributed by atoms with van der Waals surface area (Å²) in [6.45, 7) is 0.869. The molecule has 0 aromatic carbocycles. The molecule has 0 saturated carbocycles. The van der Waals surface area contributed by atoms with Crippen LogP contribution < -0.4 is 0 Å². The zero-order valence-electron chi connectivity index (χ0n) is 3.99. The first-order valence-electron chi connectivity index (χ1n) is 1.59. The molecule has 10 heavy (non-hydrogen) atoms. The maximum atomic E-state index is 9.70. The van der Waals surface area contributed by atoms with Gasteiger partial charge < -0.3 is 4.18 Å². The molecule has 56 valence electrons. The fourth-order valence-electron chi connectivity index (χ4n) is 0.148. The van der Waals surface area contributed by atoms with Gasteiger partial charge in [0.2, 0.25) is 0 Å². The first kappa shape index (κ1) is 17.8. The van der Waals surface area contributed by atoms with Crippen molar-refractivity contribution in [2.24, 2.45) is 0 Å². The minimum atomic E-state index is -4.57. The van der Waals surface area contributed by atoms with Gasteiger partial charge in [-0.05, 0) is 0 Å². The van der Waals surface area contributed by atoms with Crippen LogP contribution in [0.3, 0.4) is 0 Å². The van der Waals surface area contributed by atoms with Gasteiger partial charge in [0.15, 0.2) is 0 Å². The van der Waals surface area contributed by atoms with Gasteiger partial charge in [-0.25, -0.2) is 0 Å². The van der Waals surface area contributed by atoms with Crippen LogP contribution in [0.15, 0.2) is 0 Å². The van der Waals surface area contributed by atoms with E-state index in [-0.39, 0.29) is 75.5 Å². The predicted molar refractivity (Wildman–Crippen MR) is 40.4 cm³/mol. The van der Waals surface area contributed by atoms with Crippen LogP contribution in [0, 0.1) is 0 Å². The number of carbonyl (C=O) groups excluding carboxylic acids is 1. The molecule has 0 amide bonds. The SMILES string of the molecule is CC(=O)OS(=O)(=O)O.[CaH2].[CaH2]. The molecule has 0 unspecified atom stereocenters. The van der Waals surface area contributed by atoms with Crippen LogP contribution in [0.5, 0.6) is 0 Å². The fraction of sp³-hybridized carbons (Fsp3) is 0.500. The van der Waals surface area contributed by atoms with E-state index in [2.05, 4.69) is 4.18 Å². The summed E-state index contributed by atoms with van der Waals surface area (Å²) in [6, 6.07) is 0. The normalized spacial score (nSPS) is 8.60. The molecule has 0 aliphatic heterocycles. The summed E-state index contributed by atoms with van der Waals surface area (Å²) in [5, 5.41) is 0. The summed E-state index contributed by atoms with van der Waals surface area (Å²) in [7, 11) is -4.57. The number of rotatable bonds is 1. The van der Waals surface area contributed by atoms with Crippen LogP contribution in [0.1, 0.15) is 6.92 Å². The average molecular weight is 224 g/mol. The Morgan fingerprint density at radius 1 is 1.40 bits per heavy atom. The third-order valence-corrected chi connectivity index (χ3v) is 0.668. The molecule has 0 spiro atoms. The van der Waals surface area contributed by atoms with E-state index in [1.165, 1.54) is 0 Å².